The predicted octanol–water partition coefficient (Wildman–Crippen LogP) is -0.0561. The molecule has 0 unspecified atom stereocenters. The first kappa shape index (κ1) is 6.95. The van der Waals surface area contributed by atoms with Crippen molar-refractivity contribution in [2.24, 2.45) is 5.73 Å². The molecule has 1 heterocycles. The second-order valence-corrected chi connectivity index (χ2v) is 1.76. The lowest BCUT2D eigenvalue weighted by Crippen LogP contribution is -2.00. The lowest BCUT2D eigenvalue weighted by Gasteiger charge is -1.98. The zero-order valence-electron chi connectivity index (χ0n) is 5.74. The van der Waals surface area contributed by atoms with Crippen molar-refractivity contribution in [2.75, 3.05) is 7.11 Å². The molecule has 0 radical (unpaired) electrons. The van der Waals surface area contributed by atoms with Crippen molar-refractivity contribution in [3.63, 3.8) is 0 Å². The normalized spacial score (nSPS) is 9.40. The van der Waals surface area contributed by atoms with Gasteiger partial charge < -0.3 is 10.5 Å². The van der Waals surface area contributed by atoms with Gasteiger partial charge in [-0.25, -0.2) is 9.97 Å². The molecular formula is C6H9N3O. The van der Waals surface area contributed by atoms with E-state index in [0.717, 1.165) is 5.69 Å². The highest BCUT2D eigenvalue weighted by Gasteiger charge is 1.93. The Balaban J connectivity index is 2.87. The van der Waals surface area contributed by atoms with Gasteiger partial charge in [-0.05, 0) is 0 Å². The molecule has 0 amide bonds. The van der Waals surface area contributed by atoms with Gasteiger partial charge in [0.15, 0.2) is 0 Å². The van der Waals surface area contributed by atoms with Gasteiger partial charge in [0.2, 0.25) is 5.88 Å². The monoisotopic (exact) mass is 139 g/mol. The van der Waals surface area contributed by atoms with Crippen LogP contribution in [0.1, 0.15) is 5.69 Å². The quantitative estimate of drug-likeness (QED) is 0.623. The first-order valence-corrected chi connectivity index (χ1v) is 2.92. The zero-order chi connectivity index (χ0) is 7.40. The highest BCUT2D eigenvalue weighted by molar-refractivity contribution is 5.12. The van der Waals surface area contributed by atoms with Crippen LogP contribution in [0, 0.1) is 0 Å². The summed E-state index contributed by atoms with van der Waals surface area (Å²) in [5, 5.41) is 0. The van der Waals surface area contributed by atoms with Gasteiger partial charge >= 0.3 is 0 Å². The number of aromatic nitrogens is 2. The Morgan fingerprint density at radius 1 is 1.60 bits per heavy atom. The molecule has 0 bridgehead atoms. The molecule has 54 valence electrons. The van der Waals surface area contributed by atoms with E-state index >= 15 is 0 Å². The number of hydrogen-bond donors (Lipinski definition) is 1. The van der Waals surface area contributed by atoms with Crippen molar-refractivity contribution in [1.29, 1.82) is 0 Å². The summed E-state index contributed by atoms with van der Waals surface area (Å²) >= 11 is 0. The van der Waals surface area contributed by atoms with Crippen LogP contribution in [0.5, 0.6) is 5.88 Å². The number of ether oxygens (including phenoxy) is 1. The highest BCUT2D eigenvalue weighted by atomic mass is 16.5. The smallest absolute Gasteiger partial charge is 0.216 e. The fourth-order valence-corrected chi connectivity index (χ4v) is 0.600. The van der Waals surface area contributed by atoms with Crippen molar-refractivity contribution in [3.05, 3.63) is 18.1 Å². The van der Waals surface area contributed by atoms with Gasteiger partial charge in [0, 0.05) is 12.6 Å². The summed E-state index contributed by atoms with van der Waals surface area (Å²) in [5.74, 6) is 0.551. The average molecular weight is 139 g/mol. The zero-order valence-corrected chi connectivity index (χ0v) is 5.74. The number of methoxy groups -OCH3 is 1. The van der Waals surface area contributed by atoms with Crippen molar-refractivity contribution in [2.45, 2.75) is 6.54 Å². The van der Waals surface area contributed by atoms with Crippen LogP contribution in [-0.4, -0.2) is 17.1 Å². The van der Waals surface area contributed by atoms with Gasteiger partial charge in [-0.15, -0.1) is 0 Å². The molecule has 4 heteroatoms. The van der Waals surface area contributed by atoms with Crippen LogP contribution >= 0.6 is 0 Å². The molecule has 1 rings (SSSR count). The third kappa shape index (κ3) is 1.41. The standard InChI is InChI=1S/C6H9N3O/c1-10-6-2-5(3-7)8-4-9-6/h2,4H,3,7H2,1H3. The van der Waals surface area contributed by atoms with Gasteiger partial charge in [-0.2, -0.15) is 0 Å². The third-order valence-corrected chi connectivity index (χ3v) is 1.12. The summed E-state index contributed by atoms with van der Waals surface area (Å²) in [7, 11) is 1.56. The molecule has 0 aliphatic heterocycles. The Labute approximate surface area is 59.1 Å². The molecule has 0 fully saturated rings. The molecule has 4 nitrogen and oxygen atoms in total. The summed E-state index contributed by atoms with van der Waals surface area (Å²) in [6, 6.07) is 1.71. The Morgan fingerprint density at radius 3 is 3.00 bits per heavy atom. The lowest BCUT2D eigenvalue weighted by atomic mass is 10.4. The SMILES string of the molecule is COc1cc(CN)ncn1. The van der Waals surface area contributed by atoms with E-state index in [1.807, 2.05) is 0 Å². The highest BCUT2D eigenvalue weighted by Crippen LogP contribution is 2.03. The van der Waals surface area contributed by atoms with E-state index in [9.17, 15) is 0 Å². The minimum atomic E-state index is 0.416. The Hall–Kier alpha value is -1.16. The van der Waals surface area contributed by atoms with E-state index in [0.29, 0.717) is 12.4 Å². The van der Waals surface area contributed by atoms with Crippen LogP contribution < -0.4 is 10.5 Å². The number of nitrogens with zero attached hydrogens (tertiary/aromatic N) is 2. The molecule has 0 aliphatic rings. The van der Waals surface area contributed by atoms with E-state index in [-0.39, 0.29) is 0 Å². The minimum Gasteiger partial charge on any atom is -0.481 e. The van der Waals surface area contributed by atoms with Gasteiger partial charge in [0.25, 0.3) is 0 Å². The molecule has 2 N–H and O–H groups in total. The van der Waals surface area contributed by atoms with Crippen molar-refractivity contribution in [3.8, 4) is 5.88 Å². The van der Waals surface area contributed by atoms with Crippen molar-refractivity contribution in [1.82, 2.24) is 9.97 Å². The Kier molecular flexibility index (Phi) is 2.17. The fraction of sp³-hybridized carbons (Fsp3) is 0.333. The third-order valence-electron chi connectivity index (χ3n) is 1.12. The topological polar surface area (TPSA) is 61.0 Å². The summed E-state index contributed by atoms with van der Waals surface area (Å²) in [5.41, 5.74) is 6.11. The van der Waals surface area contributed by atoms with Crippen LogP contribution in [0.3, 0.4) is 0 Å². The fourth-order valence-electron chi connectivity index (χ4n) is 0.600. The maximum atomic E-state index is 5.33. The molecule has 10 heavy (non-hydrogen) atoms. The van der Waals surface area contributed by atoms with Crippen LogP contribution in [0.4, 0.5) is 0 Å². The van der Waals surface area contributed by atoms with Gasteiger partial charge in [-0.3, -0.25) is 0 Å². The molecule has 0 saturated heterocycles. The first-order valence-electron chi connectivity index (χ1n) is 2.92. The second kappa shape index (κ2) is 3.12. The van der Waals surface area contributed by atoms with Crippen molar-refractivity contribution < 1.29 is 4.74 Å². The summed E-state index contributed by atoms with van der Waals surface area (Å²) in [6.45, 7) is 0.416. The molecular weight excluding hydrogens is 130 g/mol. The Morgan fingerprint density at radius 2 is 2.40 bits per heavy atom. The molecule has 0 aromatic carbocycles. The number of rotatable bonds is 2. The van der Waals surface area contributed by atoms with E-state index < -0.39 is 0 Å². The number of nitrogens with two attached hydrogens (primary N) is 1. The maximum Gasteiger partial charge on any atom is 0.216 e. The van der Waals surface area contributed by atoms with E-state index in [4.69, 9.17) is 10.5 Å². The van der Waals surface area contributed by atoms with E-state index in [2.05, 4.69) is 9.97 Å². The van der Waals surface area contributed by atoms with E-state index in [1.165, 1.54) is 6.33 Å². The van der Waals surface area contributed by atoms with Crippen LogP contribution in [0.2, 0.25) is 0 Å². The average Bonchev–Trinajstić information content (AvgIpc) is 2.05. The second-order valence-electron chi connectivity index (χ2n) is 1.76. The first-order chi connectivity index (χ1) is 4.86. The number of hydrogen-bond acceptors (Lipinski definition) is 4. The maximum absolute atomic E-state index is 5.33. The van der Waals surface area contributed by atoms with Crippen molar-refractivity contribution >= 4 is 0 Å². The van der Waals surface area contributed by atoms with Gasteiger partial charge in [-0.1, -0.05) is 0 Å². The Bertz CT molecular complexity index is 195. The van der Waals surface area contributed by atoms with Crippen LogP contribution in [0.25, 0.3) is 0 Å². The summed E-state index contributed by atoms with van der Waals surface area (Å²) < 4.78 is 4.85. The molecule has 0 saturated carbocycles. The summed E-state index contributed by atoms with van der Waals surface area (Å²) in [4.78, 5) is 7.71. The molecule has 0 atom stereocenters. The molecule has 1 aromatic heterocycles. The van der Waals surface area contributed by atoms with E-state index in [1.54, 1.807) is 13.2 Å². The molecule has 0 aliphatic carbocycles. The molecule has 1 aromatic rings. The van der Waals surface area contributed by atoms with Crippen LogP contribution in [0.15, 0.2) is 12.4 Å². The summed E-state index contributed by atoms with van der Waals surface area (Å²) in [6.07, 6.45) is 1.43. The van der Waals surface area contributed by atoms with Gasteiger partial charge in [0.1, 0.15) is 6.33 Å². The van der Waals surface area contributed by atoms with Crippen LogP contribution in [-0.2, 0) is 6.54 Å². The van der Waals surface area contributed by atoms with Gasteiger partial charge in [0.05, 0.1) is 12.8 Å². The minimum absolute atomic E-state index is 0.416. The predicted molar refractivity (Wildman–Crippen MR) is 36.5 cm³/mol. The largest absolute Gasteiger partial charge is 0.481 e. The lowest BCUT2D eigenvalue weighted by molar-refractivity contribution is 0.396. The molecule has 0 spiro atoms.